The molecule has 0 aliphatic carbocycles. The van der Waals surface area contributed by atoms with E-state index in [0.717, 1.165) is 28.2 Å². The van der Waals surface area contributed by atoms with Crippen LogP contribution in [-0.4, -0.2) is 15.0 Å². The summed E-state index contributed by atoms with van der Waals surface area (Å²) in [5.41, 5.74) is 3.50. The molecule has 80 valence electrons. The standard InChI is InChI=1S/C11H8BrN3O/c1-6-2-3-8-11(13-6)15-10(14-8)7-4-5-16-9(7)12/h2-5H,1H3,(H,13,14,15). The highest BCUT2D eigenvalue weighted by atomic mass is 79.9. The minimum atomic E-state index is 0.670. The fourth-order valence-corrected chi connectivity index (χ4v) is 2.01. The Morgan fingerprint density at radius 3 is 2.88 bits per heavy atom. The molecule has 0 amide bonds. The Balaban J connectivity index is 2.23. The SMILES string of the molecule is Cc1ccc2[nH]c(-c3ccoc3Br)nc2n1. The number of nitrogens with one attached hydrogen (secondary N) is 1. The van der Waals surface area contributed by atoms with E-state index in [0.29, 0.717) is 4.67 Å². The van der Waals surface area contributed by atoms with Crippen LogP contribution >= 0.6 is 15.9 Å². The number of rotatable bonds is 1. The molecule has 0 aliphatic rings. The molecule has 0 spiro atoms. The quantitative estimate of drug-likeness (QED) is 0.743. The van der Waals surface area contributed by atoms with Crippen LogP contribution < -0.4 is 0 Å². The largest absolute Gasteiger partial charge is 0.457 e. The number of hydrogen-bond acceptors (Lipinski definition) is 3. The van der Waals surface area contributed by atoms with E-state index in [2.05, 4.69) is 30.9 Å². The molecule has 0 fully saturated rings. The highest BCUT2D eigenvalue weighted by Crippen LogP contribution is 2.28. The molecule has 3 rings (SSSR count). The highest BCUT2D eigenvalue weighted by Gasteiger charge is 2.11. The van der Waals surface area contributed by atoms with Crippen molar-refractivity contribution in [3.63, 3.8) is 0 Å². The molecule has 0 saturated heterocycles. The summed E-state index contributed by atoms with van der Waals surface area (Å²) in [5.74, 6) is 0.758. The van der Waals surface area contributed by atoms with Crippen molar-refractivity contribution in [3.8, 4) is 11.4 Å². The topological polar surface area (TPSA) is 54.7 Å². The van der Waals surface area contributed by atoms with Gasteiger partial charge in [0.25, 0.3) is 0 Å². The predicted octanol–water partition coefficient (Wildman–Crippen LogP) is 3.29. The van der Waals surface area contributed by atoms with Crippen molar-refractivity contribution in [2.45, 2.75) is 6.92 Å². The molecule has 0 unspecified atom stereocenters. The second kappa shape index (κ2) is 3.45. The summed E-state index contributed by atoms with van der Waals surface area (Å²) in [6, 6.07) is 5.78. The van der Waals surface area contributed by atoms with Gasteiger partial charge < -0.3 is 9.40 Å². The number of hydrogen-bond donors (Lipinski definition) is 1. The number of fused-ring (bicyclic) bond motifs is 1. The third-order valence-electron chi connectivity index (χ3n) is 2.36. The molecule has 5 heteroatoms. The van der Waals surface area contributed by atoms with Crippen molar-refractivity contribution in [1.82, 2.24) is 15.0 Å². The average Bonchev–Trinajstić information content (AvgIpc) is 2.82. The van der Waals surface area contributed by atoms with E-state index in [4.69, 9.17) is 4.42 Å². The summed E-state index contributed by atoms with van der Waals surface area (Å²) in [6.45, 7) is 1.95. The van der Waals surface area contributed by atoms with Gasteiger partial charge in [-0.3, -0.25) is 0 Å². The van der Waals surface area contributed by atoms with Crippen LogP contribution in [0.25, 0.3) is 22.6 Å². The summed E-state index contributed by atoms with van der Waals surface area (Å²) >= 11 is 3.33. The lowest BCUT2D eigenvalue weighted by Crippen LogP contribution is -1.80. The zero-order chi connectivity index (χ0) is 11.1. The lowest BCUT2D eigenvalue weighted by atomic mass is 10.3. The van der Waals surface area contributed by atoms with E-state index < -0.39 is 0 Å². The molecule has 0 aliphatic heterocycles. The molecule has 1 N–H and O–H groups in total. The van der Waals surface area contributed by atoms with E-state index >= 15 is 0 Å². The van der Waals surface area contributed by atoms with Gasteiger partial charge in [-0.25, -0.2) is 9.97 Å². The monoisotopic (exact) mass is 277 g/mol. The molecular weight excluding hydrogens is 270 g/mol. The summed E-state index contributed by atoms with van der Waals surface area (Å²) in [5, 5.41) is 0. The van der Waals surface area contributed by atoms with Crippen LogP contribution in [-0.2, 0) is 0 Å². The van der Waals surface area contributed by atoms with Crippen LogP contribution in [0.4, 0.5) is 0 Å². The number of halogens is 1. The number of imidazole rings is 1. The Labute approximate surface area is 99.8 Å². The Morgan fingerprint density at radius 2 is 2.12 bits per heavy atom. The van der Waals surface area contributed by atoms with Gasteiger partial charge in [0.2, 0.25) is 0 Å². The number of furan rings is 1. The van der Waals surface area contributed by atoms with Crippen LogP contribution in [0.2, 0.25) is 0 Å². The summed E-state index contributed by atoms with van der Waals surface area (Å²) in [4.78, 5) is 12.0. The first-order chi connectivity index (χ1) is 7.74. The molecule has 0 saturated carbocycles. The fraction of sp³-hybridized carbons (Fsp3) is 0.0909. The minimum absolute atomic E-state index is 0.670. The number of aromatic nitrogens is 3. The number of aryl methyl sites for hydroxylation is 1. The maximum absolute atomic E-state index is 5.17. The van der Waals surface area contributed by atoms with Crippen molar-refractivity contribution >= 4 is 27.1 Å². The molecule has 0 bridgehead atoms. The first-order valence-electron chi connectivity index (χ1n) is 4.81. The molecule has 0 atom stereocenters. The summed E-state index contributed by atoms with van der Waals surface area (Å²) in [7, 11) is 0. The van der Waals surface area contributed by atoms with Gasteiger partial charge in [0.1, 0.15) is 5.82 Å². The van der Waals surface area contributed by atoms with Crippen molar-refractivity contribution in [3.05, 3.63) is 34.8 Å². The number of nitrogens with zero attached hydrogens (tertiary/aromatic N) is 2. The van der Waals surface area contributed by atoms with Gasteiger partial charge in [0, 0.05) is 5.69 Å². The van der Waals surface area contributed by atoms with Crippen molar-refractivity contribution in [1.29, 1.82) is 0 Å². The molecule has 0 radical (unpaired) electrons. The molecule has 4 nitrogen and oxygen atoms in total. The summed E-state index contributed by atoms with van der Waals surface area (Å²) < 4.78 is 5.84. The van der Waals surface area contributed by atoms with Gasteiger partial charge in [-0.1, -0.05) is 0 Å². The fourth-order valence-electron chi connectivity index (χ4n) is 1.58. The third-order valence-corrected chi connectivity index (χ3v) is 2.97. The lowest BCUT2D eigenvalue weighted by molar-refractivity contribution is 0.542. The van der Waals surface area contributed by atoms with Gasteiger partial charge in [-0.05, 0) is 41.1 Å². The maximum atomic E-state index is 5.17. The molecule has 16 heavy (non-hydrogen) atoms. The van der Waals surface area contributed by atoms with Crippen LogP contribution in [0.5, 0.6) is 0 Å². The van der Waals surface area contributed by atoms with Gasteiger partial charge >= 0.3 is 0 Å². The third kappa shape index (κ3) is 1.44. The van der Waals surface area contributed by atoms with Gasteiger partial charge in [0.05, 0.1) is 17.3 Å². The van der Waals surface area contributed by atoms with Crippen molar-refractivity contribution in [2.24, 2.45) is 0 Å². The zero-order valence-corrected chi connectivity index (χ0v) is 10.1. The van der Waals surface area contributed by atoms with Gasteiger partial charge in [-0.15, -0.1) is 0 Å². The van der Waals surface area contributed by atoms with E-state index in [9.17, 15) is 0 Å². The van der Waals surface area contributed by atoms with E-state index in [1.54, 1.807) is 6.26 Å². The van der Waals surface area contributed by atoms with Crippen molar-refractivity contribution in [2.75, 3.05) is 0 Å². The Kier molecular flexibility index (Phi) is 2.07. The van der Waals surface area contributed by atoms with E-state index in [-0.39, 0.29) is 0 Å². The van der Waals surface area contributed by atoms with Crippen molar-refractivity contribution < 1.29 is 4.42 Å². The number of H-pyrrole nitrogens is 1. The normalized spacial score (nSPS) is 11.1. The van der Waals surface area contributed by atoms with E-state index in [1.165, 1.54) is 0 Å². The molecule has 3 heterocycles. The molecule has 0 aromatic carbocycles. The lowest BCUT2D eigenvalue weighted by Gasteiger charge is -1.89. The smallest absolute Gasteiger partial charge is 0.179 e. The van der Waals surface area contributed by atoms with Crippen LogP contribution in [0.15, 0.2) is 33.5 Å². The van der Waals surface area contributed by atoms with Crippen LogP contribution in [0.1, 0.15) is 5.69 Å². The molecular formula is C11H8BrN3O. The second-order valence-electron chi connectivity index (χ2n) is 3.52. The maximum Gasteiger partial charge on any atom is 0.179 e. The average molecular weight is 278 g/mol. The highest BCUT2D eigenvalue weighted by molar-refractivity contribution is 9.10. The van der Waals surface area contributed by atoms with Crippen LogP contribution in [0.3, 0.4) is 0 Å². The predicted molar refractivity (Wildman–Crippen MR) is 64.0 cm³/mol. The van der Waals surface area contributed by atoms with Crippen LogP contribution in [0, 0.1) is 6.92 Å². The first kappa shape index (κ1) is 9.59. The Hall–Kier alpha value is -1.62. The Bertz CT molecular complexity index is 656. The summed E-state index contributed by atoms with van der Waals surface area (Å²) in [6.07, 6.45) is 1.62. The second-order valence-corrected chi connectivity index (χ2v) is 4.24. The van der Waals surface area contributed by atoms with E-state index in [1.807, 2.05) is 25.1 Å². The number of pyridine rings is 1. The first-order valence-corrected chi connectivity index (χ1v) is 5.60. The van der Waals surface area contributed by atoms with Gasteiger partial charge in [0.15, 0.2) is 10.3 Å². The molecule has 3 aromatic rings. The zero-order valence-electron chi connectivity index (χ0n) is 8.49. The number of aromatic amines is 1. The molecule has 3 aromatic heterocycles. The minimum Gasteiger partial charge on any atom is -0.457 e. The van der Waals surface area contributed by atoms with Gasteiger partial charge in [-0.2, -0.15) is 0 Å². The Morgan fingerprint density at radius 1 is 1.25 bits per heavy atom.